The number of esters is 1. The molecule has 3 rings (SSSR count). The lowest BCUT2D eigenvalue weighted by Crippen LogP contribution is -2.46. The van der Waals surface area contributed by atoms with E-state index in [0.717, 1.165) is 6.42 Å². The molecule has 0 aromatic carbocycles. The standard InChI is InChI=1S/C15H22O4/c1-8-9-4-6-14(2,17)10-5-7-15(3,18)11(10)12(9)19-13(8)16/h9-12,17-18H,1,4-7H2,2-3H3/t9-,10+,11-,12-,14+,15+/m0/s1. The van der Waals surface area contributed by atoms with Gasteiger partial charge in [0.2, 0.25) is 0 Å². The Hall–Kier alpha value is -0.870. The third-order valence-corrected chi connectivity index (χ3v) is 5.58. The summed E-state index contributed by atoms with van der Waals surface area (Å²) < 4.78 is 5.49. The Morgan fingerprint density at radius 1 is 1.21 bits per heavy atom. The smallest absolute Gasteiger partial charge is 0.334 e. The highest BCUT2D eigenvalue weighted by Gasteiger charge is 2.60. The van der Waals surface area contributed by atoms with Crippen molar-refractivity contribution in [1.29, 1.82) is 0 Å². The van der Waals surface area contributed by atoms with Crippen molar-refractivity contribution in [2.45, 2.75) is 56.8 Å². The van der Waals surface area contributed by atoms with E-state index < -0.39 is 11.2 Å². The third-order valence-electron chi connectivity index (χ3n) is 5.58. The van der Waals surface area contributed by atoms with Crippen molar-refractivity contribution < 1.29 is 19.7 Å². The summed E-state index contributed by atoms with van der Waals surface area (Å²) in [7, 11) is 0. The first-order valence-corrected chi connectivity index (χ1v) is 7.08. The van der Waals surface area contributed by atoms with Crippen molar-refractivity contribution in [3.63, 3.8) is 0 Å². The molecule has 2 N–H and O–H groups in total. The molecule has 0 amide bonds. The molecule has 1 saturated heterocycles. The van der Waals surface area contributed by atoms with Crippen LogP contribution in [0.1, 0.15) is 39.5 Å². The van der Waals surface area contributed by atoms with Crippen molar-refractivity contribution in [2.75, 3.05) is 0 Å². The zero-order valence-electron chi connectivity index (χ0n) is 11.6. The van der Waals surface area contributed by atoms with Crippen molar-refractivity contribution in [3.8, 4) is 0 Å². The molecular weight excluding hydrogens is 244 g/mol. The number of rotatable bonds is 0. The third kappa shape index (κ3) is 1.77. The number of hydrogen-bond donors (Lipinski definition) is 2. The first-order chi connectivity index (χ1) is 8.74. The predicted molar refractivity (Wildman–Crippen MR) is 69.2 cm³/mol. The van der Waals surface area contributed by atoms with Gasteiger partial charge in [0.25, 0.3) is 0 Å². The number of aliphatic hydroxyl groups is 2. The Morgan fingerprint density at radius 2 is 1.84 bits per heavy atom. The van der Waals surface area contributed by atoms with Crippen LogP contribution < -0.4 is 0 Å². The molecule has 3 fully saturated rings. The van der Waals surface area contributed by atoms with Crippen LogP contribution in [0, 0.1) is 17.8 Å². The van der Waals surface area contributed by atoms with Gasteiger partial charge in [0.15, 0.2) is 0 Å². The van der Waals surface area contributed by atoms with Crippen LogP contribution in [-0.2, 0) is 9.53 Å². The van der Waals surface area contributed by atoms with E-state index in [9.17, 15) is 15.0 Å². The van der Waals surface area contributed by atoms with E-state index in [4.69, 9.17) is 4.74 Å². The van der Waals surface area contributed by atoms with E-state index in [2.05, 4.69) is 6.58 Å². The Labute approximate surface area is 113 Å². The molecule has 0 unspecified atom stereocenters. The van der Waals surface area contributed by atoms with Gasteiger partial charge in [-0.3, -0.25) is 0 Å². The van der Waals surface area contributed by atoms with Crippen LogP contribution in [0.5, 0.6) is 0 Å². The number of carbonyl (C=O) groups is 1. The van der Waals surface area contributed by atoms with Gasteiger partial charge in [-0.1, -0.05) is 6.58 Å². The van der Waals surface area contributed by atoms with Crippen LogP contribution in [0.2, 0.25) is 0 Å². The number of carbonyl (C=O) groups excluding carboxylic acids is 1. The zero-order chi connectivity index (χ0) is 14.0. The lowest BCUT2D eigenvalue weighted by molar-refractivity contribution is -0.150. The minimum Gasteiger partial charge on any atom is -0.458 e. The van der Waals surface area contributed by atoms with Crippen molar-refractivity contribution in [2.24, 2.45) is 17.8 Å². The van der Waals surface area contributed by atoms with Crippen LogP contribution in [-0.4, -0.2) is 33.5 Å². The van der Waals surface area contributed by atoms with Crippen LogP contribution in [0.25, 0.3) is 0 Å². The number of hydrogen-bond acceptors (Lipinski definition) is 4. The summed E-state index contributed by atoms with van der Waals surface area (Å²) in [6.07, 6.45) is 2.42. The van der Waals surface area contributed by atoms with Gasteiger partial charge in [-0.05, 0) is 45.4 Å². The van der Waals surface area contributed by atoms with Crippen LogP contribution in [0.3, 0.4) is 0 Å². The van der Waals surface area contributed by atoms with Gasteiger partial charge in [-0.2, -0.15) is 0 Å². The molecule has 0 aromatic rings. The molecule has 4 nitrogen and oxygen atoms in total. The fraction of sp³-hybridized carbons (Fsp3) is 0.800. The van der Waals surface area contributed by atoms with E-state index in [-0.39, 0.29) is 29.8 Å². The summed E-state index contributed by atoms with van der Waals surface area (Å²) in [4.78, 5) is 11.7. The van der Waals surface area contributed by atoms with Crippen LogP contribution >= 0.6 is 0 Å². The second kappa shape index (κ2) is 3.83. The summed E-state index contributed by atoms with van der Waals surface area (Å²) in [6, 6.07) is 0. The van der Waals surface area contributed by atoms with Gasteiger partial charge in [0.05, 0.1) is 11.2 Å². The Morgan fingerprint density at radius 3 is 2.53 bits per heavy atom. The van der Waals surface area contributed by atoms with Gasteiger partial charge < -0.3 is 14.9 Å². The summed E-state index contributed by atoms with van der Waals surface area (Å²) in [5.74, 6) is -0.606. The molecule has 2 aliphatic carbocycles. The van der Waals surface area contributed by atoms with Gasteiger partial charge in [-0.25, -0.2) is 4.79 Å². The Bertz CT molecular complexity index is 437. The van der Waals surface area contributed by atoms with Crippen LogP contribution in [0.15, 0.2) is 12.2 Å². The molecule has 19 heavy (non-hydrogen) atoms. The van der Waals surface area contributed by atoms with Crippen molar-refractivity contribution in [1.82, 2.24) is 0 Å². The van der Waals surface area contributed by atoms with Gasteiger partial charge in [-0.15, -0.1) is 0 Å². The second-order valence-electron chi connectivity index (χ2n) is 6.93. The molecule has 0 aromatic heterocycles. The molecule has 0 bridgehead atoms. The van der Waals surface area contributed by atoms with E-state index in [1.807, 2.05) is 6.92 Å². The van der Waals surface area contributed by atoms with E-state index >= 15 is 0 Å². The minimum atomic E-state index is -0.882. The first kappa shape index (κ1) is 13.1. The second-order valence-corrected chi connectivity index (χ2v) is 6.93. The van der Waals surface area contributed by atoms with Gasteiger partial charge in [0.1, 0.15) is 6.10 Å². The monoisotopic (exact) mass is 266 g/mol. The topological polar surface area (TPSA) is 66.8 Å². The molecule has 0 spiro atoms. The van der Waals surface area contributed by atoms with E-state index in [0.29, 0.717) is 24.8 Å². The molecule has 2 saturated carbocycles. The maximum atomic E-state index is 11.7. The highest BCUT2D eigenvalue weighted by Crippen LogP contribution is 2.55. The molecular formula is C15H22O4. The maximum Gasteiger partial charge on any atom is 0.334 e. The van der Waals surface area contributed by atoms with E-state index in [1.165, 1.54) is 0 Å². The summed E-state index contributed by atoms with van der Waals surface area (Å²) >= 11 is 0. The largest absolute Gasteiger partial charge is 0.458 e. The minimum absolute atomic E-state index is 0.0174. The summed E-state index contributed by atoms with van der Waals surface area (Å²) in [6.45, 7) is 7.47. The highest BCUT2D eigenvalue weighted by molar-refractivity contribution is 5.90. The van der Waals surface area contributed by atoms with Crippen LogP contribution in [0.4, 0.5) is 0 Å². The Kier molecular flexibility index (Phi) is 2.64. The van der Waals surface area contributed by atoms with Crippen molar-refractivity contribution in [3.05, 3.63) is 12.2 Å². The first-order valence-electron chi connectivity index (χ1n) is 7.08. The molecule has 6 atom stereocenters. The number of ether oxygens (including phenoxy) is 1. The van der Waals surface area contributed by atoms with Crippen molar-refractivity contribution >= 4 is 5.97 Å². The quantitative estimate of drug-likeness (QED) is 0.514. The molecule has 106 valence electrons. The zero-order valence-corrected chi connectivity index (χ0v) is 11.6. The summed E-state index contributed by atoms with van der Waals surface area (Å²) in [5, 5.41) is 21.3. The lowest BCUT2D eigenvalue weighted by Gasteiger charge is -2.37. The molecule has 1 aliphatic heterocycles. The van der Waals surface area contributed by atoms with Gasteiger partial charge in [0, 0.05) is 17.4 Å². The van der Waals surface area contributed by atoms with E-state index in [1.54, 1.807) is 6.92 Å². The molecule has 4 heteroatoms. The average Bonchev–Trinajstić information content (AvgIpc) is 2.71. The van der Waals surface area contributed by atoms with Gasteiger partial charge >= 0.3 is 5.97 Å². The summed E-state index contributed by atoms with van der Waals surface area (Å²) in [5.41, 5.74) is -1.18. The normalized spacial score (nSPS) is 53.5. The molecule has 3 aliphatic rings. The fourth-order valence-electron chi connectivity index (χ4n) is 4.43. The fourth-order valence-corrected chi connectivity index (χ4v) is 4.43. The highest BCUT2D eigenvalue weighted by atomic mass is 16.6. The average molecular weight is 266 g/mol. The SMILES string of the molecule is C=C1C(=O)O[C@@H]2[C@@H]3[C@@H](CC[C@@]3(C)O)[C@](C)(O)CC[C@@H]12. The molecule has 1 heterocycles. The predicted octanol–water partition coefficient (Wildman–Crippen LogP) is 1.41. The number of fused-ring (bicyclic) bond motifs is 3. The lowest BCUT2D eigenvalue weighted by atomic mass is 9.74. The maximum absolute atomic E-state index is 11.7. The Balaban J connectivity index is 2.04. The molecule has 0 radical (unpaired) electrons.